The van der Waals surface area contributed by atoms with Crippen LogP contribution in [-0.2, 0) is 9.59 Å². The van der Waals surface area contributed by atoms with Crippen molar-refractivity contribution in [1.82, 2.24) is 0 Å². The summed E-state index contributed by atoms with van der Waals surface area (Å²) in [4.78, 5) is 19.8. The number of alkyl halides is 1. The molecule has 80 valence electrons. The number of aliphatic hydroxyl groups is 2. The number of hydrogen-bond acceptors (Lipinski definition) is 4. The first-order valence-electron chi connectivity index (χ1n) is 3.14. The lowest BCUT2D eigenvalue weighted by molar-refractivity contribution is -0.175. The van der Waals surface area contributed by atoms with E-state index in [1.165, 1.54) is 0 Å². The van der Waals surface area contributed by atoms with Gasteiger partial charge < -0.3 is 20.4 Å². The van der Waals surface area contributed by atoms with E-state index in [0.29, 0.717) is 0 Å². The molecule has 0 aliphatic heterocycles. The van der Waals surface area contributed by atoms with Crippen molar-refractivity contribution >= 4 is 11.9 Å². The van der Waals surface area contributed by atoms with Gasteiger partial charge in [0.2, 0.25) is 5.83 Å². The van der Waals surface area contributed by atoms with Gasteiger partial charge in [-0.1, -0.05) is 0 Å². The topological polar surface area (TPSA) is 115 Å². The standard InChI is InChI=1S/C6H6F2O6/c7-4(2(9)1-3(10)11)6(8,14)5(12)13/h9,14H,1H2,(H,10,11)(H,12,13)/b4-2+. The number of halogens is 2. The number of hydrogen-bond donors (Lipinski definition) is 4. The maximum Gasteiger partial charge on any atom is 0.377 e. The lowest BCUT2D eigenvalue weighted by Gasteiger charge is -2.11. The maximum absolute atomic E-state index is 12.5. The molecule has 0 aliphatic rings. The molecule has 0 rings (SSSR count). The summed E-state index contributed by atoms with van der Waals surface area (Å²) < 4.78 is 25.0. The Balaban J connectivity index is 4.98. The molecule has 0 saturated carbocycles. The SMILES string of the molecule is O=C(O)C/C(O)=C(\F)C(O)(F)C(=O)O. The smallest absolute Gasteiger partial charge is 0.377 e. The van der Waals surface area contributed by atoms with Crippen molar-refractivity contribution in [2.75, 3.05) is 0 Å². The van der Waals surface area contributed by atoms with Gasteiger partial charge in [-0.05, 0) is 0 Å². The maximum atomic E-state index is 12.5. The molecule has 0 fully saturated rings. The zero-order valence-corrected chi connectivity index (χ0v) is 6.57. The van der Waals surface area contributed by atoms with Crippen molar-refractivity contribution in [2.24, 2.45) is 0 Å². The minimum absolute atomic E-state index is 1.33. The molecule has 1 atom stereocenters. The molecule has 0 saturated heterocycles. The van der Waals surface area contributed by atoms with Gasteiger partial charge in [-0.25, -0.2) is 9.18 Å². The Morgan fingerprint density at radius 1 is 1.21 bits per heavy atom. The van der Waals surface area contributed by atoms with Crippen molar-refractivity contribution in [2.45, 2.75) is 12.3 Å². The van der Waals surface area contributed by atoms with Crippen molar-refractivity contribution < 1.29 is 38.8 Å². The molecular formula is C6H6F2O6. The van der Waals surface area contributed by atoms with Crippen LogP contribution in [-0.4, -0.2) is 38.2 Å². The summed E-state index contributed by atoms with van der Waals surface area (Å²) in [7, 11) is 0. The van der Waals surface area contributed by atoms with E-state index >= 15 is 0 Å². The first-order chi connectivity index (χ1) is 6.19. The minimum Gasteiger partial charge on any atom is -0.509 e. The van der Waals surface area contributed by atoms with Crippen LogP contribution in [0.3, 0.4) is 0 Å². The van der Waals surface area contributed by atoms with Crippen LogP contribution >= 0.6 is 0 Å². The highest BCUT2D eigenvalue weighted by Crippen LogP contribution is 2.24. The Bertz CT molecular complexity index is 295. The summed E-state index contributed by atoms with van der Waals surface area (Å²) in [6.45, 7) is 0. The molecule has 0 radical (unpaired) electrons. The van der Waals surface area contributed by atoms with Crippen LogP contribution in [0.2, 0.25) is 0 Å². The summed E-state index contributed by atoms with van der Waals surface area (Å²) in [6, 6.07) is 0. The second-order valence-corrected chi connectivity index (χ2v) is 2.26. The number of aliphatic carboxylic acids is 2. The Labute approximate surface area is 75.7 Å². The second kappa shape index (κ2) is 4.01. The molecule has 0 aromatic heterocycles. The van der Waals surface area contributed by atoms with Gasteiger partial charge in [0, 0.05) is 0 Å². The average Bonchev–Trinajstić information content (AvgIpc) is 2.01. The van der Waals surface area contributed by atoms with E-state index in [1.54, 1.807) is 0 Å². The first-order valence-corrected chi connectivity index (χ1v) is 3.14. The molecule has 14 heavy (non-hydrogen) atoms. The quantitative estimate of drug-likeness (QED) is 0.485. The summed E-state index contributed by atoms with van der Waals surface area (Å²) in [5.41, 5.74) is 0. The molecule has 4 N–H and O–H groups in total. The fourth-order valence-corrected chi connectivity index (χ4v) is 0.506. The largest absolute Gasteiger partial charge is 0.509 e. The second-order valence-electron chi connectivity index (χ2n) is 2.26. The Morgan fingerprint density at radius 3 is 1.93 bits per heavy atom. The van der Waals surface area contributed by atoms with Crippen molar-refractivity contribution in [3.05, 3.63) is 11.6 Å². The zero-order chi connectivity index (χ0) is 11.5. The van der Waals surface area contributed by atoms with E-state index in [-0.39, 0.29) is 0 Å². The summed E-state index contributed by atoms with van der Waals surface area (Å²) in [5, 5.41) is 32.8. The van der Waals surface area contributed by atoms with Crippen molar-refractivity contribution in [3.8, 4) is 0 Å². The normalized spacial score (nSPS) is 16.8. The molecule has 0 heterocycles. The third kappa shape index (κ3) is 2.66. The van der Waals surface area contributed by atoms with Gasteiger partial charge in [0.25, 0.3) is 0 Å². The summed E-state index contributed by atoms with van der Waals surface area (Å²) in [6.07, 6.45) is -1.33. The highest BCUT2D eigenvalue weighted by atomic mass is 19.2. The number of carbonyl (C=O) groups is 2. The third-order valence-electron chi connectivity index (χ3n) is 1.15. The highest BCUT2D eigenvalue weighted by Gasteiger charge is 2.44. The van der Waals surface area contributed by atoms with E-state index < -0.39 is 35.8 Å². The molecule has 6 nitrogen and oxygen atoms in total. The van der Waals surface area contributed by atoms with E-state index in [0.717, 1.165) is 0 Å². The summed E-state index contributed by atoms with van der Waals surface area (Å²) >= 11 is 0. The Hall–Kier alpha value is -1.70. The van der Waals surface area contributed by atoms with Crippen molar-refractivity contribution in [3.63, 3.8) is 0 Å². The van der Waals surface area contributed by atoms with Gasteiger partial charge >= 0.3 is 17.8 Å². The van der Waals surface area contributed by atoms with E-state index in [1.807, 2.05) is 0 Å². The van der Waals surface area contributed by atoms with Gasteiger partial charge in [-0.15, -0.1) is 0 Å². The summed E-state index contributed by atoms with van der Waals surface area (Å²) in [5.74, 6) is -12.9. The number of rotatable bonds is 4. The lowest BCUT2D eigenvalue weighted by atomic mass is 10.2. The molecule has 0 aliphatic carbocycles. The monoisotopic (exact) mass is 212 g/mol. The average molecular weight is 212 g/mol. The van der Waals surface area contributed by atoms with Gasteiger partial charge in [0.05, 0.1) is 0 Å². The van der Waals surface area contributed by atoms with Crippen molar-refractivity contribution in [1.29, 1.82) is 0 Å². The lowest BCUT2D eigenvalue weighted by Crippen LogP contribution is -2.35. The Morgan fingerprint density at radius 2 is 1.64 bits per heavy atom. The van der Waals surface area contributed by atoms with Crippen LogP contribution < -0.4 is 0 Å². The predicted octanol–water partition coefficient (Wildman–Crippen LogP) is -0.0571. The fraction of sp³-hybridized carbons (Fsp3) is 0.333. The van der Waals surface area contributed by atoms with Crippen LogP contribution in [0, 0.1) is 0 Å². The molecule has 8 heteroatoms. The highest BCUT2D eigenvalue weighted by molar-refractivity contribution is 5.79. The van der Waals surface area contributed by atoms with E-state index in [4.69, 9.17) is 20.4 Å². The van der Waals surface area contributed by atoms with Gasteiger partial charge in [-0.2, -0.15) is 4.39 Å². The predicted molar refractivity (Wildman–Crippen MR) is 36.7 cm³/mol. The minimum atomic E-state index is -4.42. The number of aliphatic hydroxyl groups excluding tert-OH is 1. The number of carboxylic acids is 2. The molecule has 0 aromatic carbocycles. The van der Waals surface area contributed by atoms with Crippen LogP contribution in [0.25, 0.3) is 0 Å². The Kier molecular flexibility index (Phi) is 3.52. The van der Waals surface area contributed by atoms with E-state index in [9.17, 15) is 18.4 Å². The number of carboxylic acid groups (broad SMARTS) is 2. The van der Waals surface area contributed by atoms with Gasteiger partial charge in [-0.3, -0.25) is 4.79 Å². The molecule has 0 bridgehead atoms. The van der Waals surface area contributed by atoms with Gasteiger partial charge in [0.15, 0.2) is 0 Å². The van der Waals surface area contributed by atoms with Gasteiger partial charge in [0.1, 0.15) is 12.2 Å². The van der Waals surface area contributed by atoms with Crippen LogP contribution in [0.1, 0.15) is 6.42 Å². The van der Waals surface area contributed by atoms with Crippen LogP contribution in [0.5, 0.6) is 0 Å². The van der Waals surface area contributed by atoms with Crippen LogP contribution in [0.4, 0.5) is 8.78 Å². The third-order valence-corrected chi connectivity index (χ3v) is 1.15. The fourth-order valence-electron chi connectivity index (χ4n) is 0.506. The zero-order valence-electron chi connectivity index (χ0n) is 6.57. The first kappa shape index (κ1) is 12.3. The molecule has 1 unspecified atom stereocenters. The van der Waals surface area contributed by atoms with E-state index in [2.05, 4.69) is 0 Å². The molecule has 0 spiro atoms. The molecular weight excluding hydrogens is 206 g/mol. The molecule has 0 amide bonds. The van der Waals surface area contributed by atoms with Crippen LogP contribution in [0.15, 0.2) is 11.6 Å². The molecule has 0 aromatic rings.